The van der Waals surface area contributed by atoms with Crippen LogP contribution in [0.15, 0.2) is 48.5 Å². The van der Waals surface area contributed by atoms with Crippen molar-refractivity contribution in [1.82, 2.24) is 5.32 Å². The highest BCUT2D eigenvalue weighted by molar-refractivity contribution is 6.31. The third-order valence-electron chi connectivity index (χ3n) is 4.78. The highest BCUT2D eigenvalue weighted by Crippen LogP contribution is 2.27. The summed E-state index contributed by atoms with van der Waals surface area (Å²) >= 11 is 6.12. The zero-order chi connectivity index (χ0) is 18.7. The second-order valence-corrected chi connectivity index (χ2v) is 7.37. The molecule has 2 aromatic carbocycles. The Morgan fingerprint density at radius 1 is 1.19 bits per heavy atom. The van der Waals surface area contributed by atoms with Crippen molar-refractivity contribution in [3.05, 3.63) is 64.7 Å². The fourth-order valence-electron chi connectivity index (χ4n) is 3.14. The molecule has 1 heterocycles. The molecule has 0 aliphatic carbocycles. The van der Waals surface area contributed by atoms with Gasteiger partial charge in [0.1, 0.15) is 0 Å². The van der Waals surface area contributed by atoms with E-state index >= 15 is 0 Å². The van der Waals surface area contributed by atoms with Crippen LogP contribution in [0.5, 0.6) is 0 Å². The molecule has 0 saturated carbocycles. The highest BCUT2D eigenvalue weighted by Gasteiger charge is 2.35. The smallest absolute Gasteiger partial charge is 0.227 e. The van der Waals surface area contributed by atoms with Crippen molar-refractivity contribution in [3.63, 3.8) is 0 Å². The number of carbonyl (C=O) groups excluding carboxylic acids is 2. The van der Waals surface area contributed by atoms with E-state index in [1.807, 2.05) is 42.5 Å². The van der Waals surface area contributed by atoms with Gasteiger partial charge in [0, 0.05) is 30.2 Å². The van der Waals surface area contributed by atoms with Crippen molar-refractivity contribution in [2.75, 3.05) is 11.4 Å². The molecule has 5 heteroatoms. The maximum absolute atomic E-state index is 12.5. The van der Waals surface area contributed by atoms with Crippen LogP contribution in [0.1, 0.15) is 37.3 Å². The topological polar surface area (TPSA) is 49.4 Å². The predicted molar refractivity (Wildman–Crippen MR) is 104 cm³/mol. The molecule has 1 unspecified atom stereocenters. The summed E-state index contributed by atoms with van der Waals surface area (Å²) in [7, 11) is 0. The first kappa shape index (κ1) is 18.5. The van der Waals surface area contributed by atoms with Crippen molar-refractivity contribution in [3.8, 4) is 0 Å². The Kier molecular flexibility index (Phi) is 5.62. The van der Waals surface area contributed by atoms with E-state index in [0.29, 0.717) is 24.0 Å². The van der Waals surface area contributed by atoms with E-state index in [1.54, 1.807) is 11.0 Å². The Bertz CT molecular complexity index is 802. The maximum Gasteiger partial charge on any atom is 0.227 e. The molecule has 1 aliphatic heterocycles. The Morgan fingerprint density at radius 3 is 2.54 bits per heavy atom. The molecule has 1 saturated heterocycles. The standard InChI is InChI=1S/C21H23ClN2O2/c1-14(2)15-7-9-18(10-8-15)24-13-17(11-20(24)25)21(26)23-12-16-5-3-4-6-19(16)22/h3-10,14,17H,11-13H2,1-2H3,(H,23,26). The van der Waals surface area contributed by atoms with Gasteiger partial charge in [-0.25, -0.2) is 0 Å². The van der Waals surface area contributed by atoms with Gasteiger partial charge in [0.05, 0.1) is 5.92 Å². The van der Waals surface area contributed by atoms with E-state index in [2.05, 4.69) is 19.2 Å². The molecule has 0 radical (unpaired) electrons. The lowest BCUT2D eigenvalue weighted by Gasteiger charge is -2.18. The van der Waals surface area contributed by atoms with Crippen molar-refractivity contribution in [2.24, 2.45) is 5.92 Å². The summed E-state index contributed by atoms with van der Waals surface area (Å²) in [5, 5.41) is 3.52. The van der Waals surface area contributed by atoms with Crippen molar-refractivity contribution < 1.29 is 9.59 Å². The van der Waals surface area contributed by atoms with E-state index in [4.69, 9.17) is 11.6 Å². The molecule has 0 bridgehead atoms. The van der Waals surface area contributed by atoms with Crippen LogP contribution >= 0.6 is 11.6 Å². The lowest BCUT2D eigenvalue weighted by Crippen LogP contribution is -2.32. The van der Waals surface area contributed by atoms with Crippen molar-refractivity contribution in [2.45, 2.75) is 32.7 Å². The molecule has 1 fully saturated rings. The first-order valence-corrected chi connectivity index (χ1v) is 9.25. The number of benzene rings is 2. The van der Waals surface area contributed by atoms with E-state index in [9.17, 15) is 9.59 Å². The molecule has 1 N–H and O–H groups in total. The largest absolute Gasteiger partial charge is 0.352 e. The second kappa shape index (κ2) is 7.92. The summed E-state index contributed by atoms with van der Waals surface area (Å²) in [6, 6.07) is 15.4. The monoisotopic (exact) mass is 370 g/mol. The van der Waals surface area contributed by atoms with E-state index in [-0.39, 0.29) is 24.2 Å². The summed E-state index contributed by atoms with van der Waals surface area (Å²) in [4.78, 5) is 26.5. The van der Waals surface area contributed by atoms with Gasteiger partial charge in [-0.2, -0.15) is 0 Å². The summed E-state index contributed by atoms with van der Waals surface area (Å²) in [5.74, 6) is -0.0174. The lowest BCUT2D eigenvalue weighted by atomic mass is 10.0. The molecule has 26 heavy (non-hydrogen) atoms. The maximum atomic E-state index is 12.5. The molecule has 2 amide bonds. The summed E-state index contributed by atoms with van der Waals surface area (Å²) < 4.78 is 0. The number of halogens is 1. The van der Waals surface area contributed by atoms with Gasteiger partial charge in [-0.05, 0) is 35.2 Å². The Labute approximate surface area is 159 Å². The fraction of sp³-hybridized carbons (Fsp3) is 0.333. The first-order valence-electron chi connectivity index (χ1n) is 8.87. The summed E-state index contributed by atoms with van der Waals surface area (Å²) in [6.45, 7) is 5.05. The molecular weight excluding hydrogens is 348 g/mol. The molecule has 1 aliphatic rings. The number of hydrogen-bond donors (Lipinski definition) is 1. The average Bonchev–Trinajstić information content (AvgIpc) is 3.02. The van der Waals surface area contributed by atoms with Crippen LogP contribution in [0.3, 0.4) is 0 Å². The van der Waals surface area contributed by atoms with Gasteiger partial charge >= 0.3 is 0 Å². The molecular formula is C21H23ClN2O2. The van der Waals surface area contributed by atoms with Gasteiger partial charge in [0.25, 0.3) is 0 Å². The van der Waals surface area contributed by atoms with Crippen LogP contribution in [0.2, 0.25) is 5.02 Å². The third-order valence-corrected chi connectivity index (χ3v) is 5.15. The van der Waals surface area contributed by atoms with Gasteiger partial charge in [0.2, 0.25) is 11.8 Å². The first-order chi connectivity index (χ1) is 12.5. The summed E-state index contributed by atoms with van der Waals surface area (Å²) in [5.41, 5.74) is 2.95. The van der Waals surface area contributed by atoms with Gasteiger partial charge < -0.3 is 10.2 Å². The van der Waals surface area contributed by atoms with E-state index < -0.39 is 0 Å². The number of nitrogens with one attached hydrogen (secondary N) is 1. The zero-order valence-corrected chi connectivity index (χ0v) is 15.8. The van der Waals surface area contributed by atoms with E-state index in [1.165, 1.54) is 5.56 Å². The van der Waals surface area contributed by atoms with Crippen LogP contribution in [-0.4, -0.2) is 18.4 Å². The summed E-state index contributed by atoms with van der Waals surface area (Å²) in [6.07, 6.45) is 0.236. The second-order valence-electron chi connectivity index (χ2n) is 6.96. The van der Waals surface area contributed by atoms with Crippen LogP contribution in [0.4, 0.5) is 5.69 Å². The zero-order valence-electron chi connectivity index (χ0n) is 15.0. The van der Waals surface area contributed by atoms with E-state index in [0.717, 1.165) is 11.3 Å². The number of hydrogen-bond acceptors (Lipinski definition) is 2. The molecule has 0 aromatic heterocycles. The minimum atomic E-state index is -0.338. The van der Waals surface area contributed by atoms with Crippen LogP contribution in [0, 0.1) is 5.92 Å². The predicted octanol–water partition coefficient (Wildman–Crippen LogP) is 4.13. The molecule has 4 nitrogen and oxygen atoms in total. The Morgan fingerprint density at radius 2 is 1.88 bits per heavy atom. The Balaban J connectivity index is 1.61. The average molecular weight is 371 g/mol. The molecule has 1 atom stereocenters. The molecule has 3 rings (SSSR count). The van der Waals surface area contributed by atoms with Crippen LogP contribution in [-0.2, 0) is 16.1 Å². The van der Waals surface area contributed by atoms with Gasteiger partial charge in [0.15, 0.2) is 0 Å². The van der Waals surface area contributed by atoms with Gasteiger partial charge in [-0.3, -0.25) is 9.59 Å². The SMILES string of the molecule is CC(C)c1ccc(N2CC(C(=O)NCc3ccccc3Cl)CC2=O)cc1. The van der Waals surface area contributed by atoms with Crippen molar-refractivity contribution in [1.29, 1.82) is 0 Å². The number of amides is 2. The van der Waals surface area contributed by atoms with Gasteiger partial charge in [-0.15, -0.1) is 0 Å². The number of carbonyl (C=O) groups is 2. The minimum Gasteiger partial charge on any atom is -0.352 e. The molecule has 0 spiro atoms. The van der Waals surface area contributed by atoms with Crippen molar-refractivity contribution >= 4 is 29.1 Å². The Hall–Kier alpha value is -2.33. The van der Waals surface area contributed by atoms with Crippen LogP contribution in [0.25, 0.3) is 0 Å². The number of anilines is 1. The number of rotatable bonds is 5. The number of nitrogens with zero attached hydrogens (tertiary/aromatic N) is 1. The minimum absolute atomic E-state index is 0.0137. The van der Waals surface area contributed by atoms with Crippen LogP contribution < -0.4 is 10.2 Å². The normalized spacial score (nSPS) is 17.0. The fourth-order valence-corrected chi connectivity index (χ4v) is 3.34. The molecule has 136 valence electrons. The highest BCUT2D eigenvalue weighted by atomic mass is 35.5. The quantitative estimate of drug-likeness (QED) is 0.860. The lowest BCUT2D eigenvalue weighted by molar-refractivity contribution is -0.126. The third kappa shape index (κ3) is 4.07. The molecule has 2 aromatic rings. The van der Waals surface area contributed by atoms with Gasteiger partial charge in [-0.1, -0.05) is 55.8 Å².